The van der Waals surface area contributed by atoms with Gasteiger partial charge in [-0.25, -0.2) is 13.6 Å². The number of nitrogens with two attached hydrogens (primary N) is 1. The lowest BCUT2D eigenvalue weighted by Gasteiger charge is -2.03. The molecule has 0 spiro atoms. The third-order valence-electron chi connectivity index (χ3n) is 5.04. The molecule has 0 aliphatic rings. The van der Waals surface area contributed by atoms with Crippen molar-refractivity contribution in [1.82, 2.24) is 20.2 Å². The second-order valence-electron chi connectivity index (χ2n) is 7.91. The molecule has 28 heavy (non-hydrogen) atoms. The van der Waals surface area contributed by atoms with E-state index in [2.05, 4.69) is 22.3 Å². The zero-order valence-corrected chi connectivity index (χ0v) is 18.6. The Hall–Kier alpha value is -1.02. The summed E-state index contributed by atoms with van der Waals surface area (Å²) in [5, 5.41) is 16.6. The highest BCUT2D eigenvalue weighted by Gasteiger charge is 2.10. The Morgan fingerprint density at radius 1 is 0.750 bits per heavy atom. The van der Waals surface area contributed by atoms with Crippen LogP contribution in [0.15, 0.2) is 0 Å². The van der Waals surface area contributed by atoms with E-state index >= 15 is 0 Å². The highest BCUT2D eigenvalue weighted by atomic mass is 32.2. The first-order valence-corrected chi connectivity index (χ1v) is 13.0. The summed E-state index contributed by atoms with van der Waals surface area (Å²) >= 11 is 0. The molecule has 0 aromatic carbocycles. The minimum atomic E-state index is -3.59. The van der Waals surface area contributed by atoms with Crippen molar-refractivity contribution in [3.05, 3.63) is 5.82 Å². The van der Waals surface area contributed by atoms with Crippen molar-refractivity contribution in [1.29, 1.82) is 0 Å². The van der Waals surface area contributed by atoms with Crippen LogP contribution in [0.25, 0.3) is 0 Å². The monoisotopic (exact) mass is 415 g/mol. The van der Waals surface area contributed by atoms with Crippen LogP contribution in [-0.2, 0) is 22.3 Å². The van der Waals surface area contributed by atoms with Gasteiger partial charge >= 0.3 is 0 Å². The van der Waals surface area contributed by atoms with Crippen molar-refractivity contribution in [3.63, 3.8) is 0 Å². The standard InChI is InChI=1S/C20H41N5O2S/c1-2-3-4-5-6-7-8-9-10-11-12-13-14-15-16-17-18-25-23-20(22-24-25)19-28(21,26)27/h2-19H2,1H3,(H2,21,26,27). The predicted molar refractivity (Wildman–Crippen MR) is 114 cm³/mol. The summed E-state index contributed by atoms with van der Waals surface area (Å²) in [7, 11) is -3.59. The van der Waals surface area contributed by atoms with Crippen molar-refractivity contribution in [2.75, 3.05) is 0 Å². The van der Waals surface area contributed by atoms with Gasteiger partial charge in [-0.15, -0.1) is 10.2 Å². The zero-order chi connectivity index (χ0) is 20.5. The van der Waals surface area contributed by atoms with Gasteiger partial charge in [0.1, 0.15) is 5.75 Å². The molecule has 0 aliphatic heterocycles. The molecule has 0 fully saturated rings. The van der Waals surface area contributed by atoms with Crippen molar-refractivity contribution < 1.29 is 8.42 Å². The number of tetrazole rings is 1. The van der Waals surface area contributed by atoms with E-state index in [0.717, 1.165) is 12.8 Å². The van der Waals surface area contributed by atoms with Gasteiger partial charge in [0, 0.05) is 0 Å². The number of unbranched alkanes of at least 4 members (excludes halogenated alkanes) is 15. The fraction of sp³-hybridized carbons (Fsp3) is 0.950. The van der Waals surface area contributed by atoms with Gasteiger partial charge in [0.25, 0.3) is 0 Å². The lowest BCUT2D eigenvalue weighted by molar-refractivity contribution is 0.469. The van der Waals surface area contributed by atoms with Gasteiger partial charge in [0.2, 0.25) is 10.0 Å². The van der Waals surface area contributed by atoms with E-state index in [9.17, 15) is 8.42 Å². The molecule has 0 radical (unpaired) electrons. The smallest absolute Gasteiger partial charge is 0.216 e. The van der Waals surface area contributed by atoms with Gasteiger partial charge in [-0.3, -0.25) is 0 Å². The van der Waals surface area contributed by atoms with Crippen LogP contribution in [0.5, 0.6) is 0 Å². The van der Waals surface area contributed by atoms with Gasteiger partial charge in [0.05, 0.1) is 6.54 Å². The van der Waals surface area contributed by atoms with Crippen LogP contribution in [0.3, 0.4) is 0 Å². The second kappa shape index (κ2) is 15.9. The molecular formula is C20H41N5O2S. The molecule has 7 nitrogen and oxygen atoms in total. The predicted octanol–water partition coefficient (Wildman–Crippen LogP) is 4.72. The Morgan fingerprint density at radius 2 is 1.18 bits per heavy atom. The number of aryl methyl sites for hydroxylation is 1. The van der Waals surface area contributed by atoms with E-state index in [0.29, 0.717) is 6.54 Å². The summed E-state index contributed by atoms with van der Waals surface area (Å²) in [5.74, 6) is -0.189. The molecule has 1 rings (SSSR count). The quantitative estimate of drug-likeness (QED) is 0.329. The van der Waals surface area contributed by atoms with Crippen LogP contribution in [0.1, 0.15) is 115 Å². The third kappa shape index (κ3) is 15.0. The molecule has 8 heteroatoms. The summed E-state index contributed by atoms with van der Waals surface area (Å²) in [5.41, 5.74) is 0. The topological polar surface area (TPSA) is 104 Å². The van der Waals surface area contributed by atoms with Crippen molar-refractivity contribution in [2.45, 2.75) is 122 Å². The molecular weight excluding hydrogens is 374 g/mol. The first-order chi connectivity index (χ1) is 13.5. The number of hydrogen-bond acceptors (Lipinski definition) is 5. The molecule has 0 aliphatic carbocycles. The summed E-state index contributed by atoms with van der Waals surface area (Å²) in [6.07, 6.45) is 21.4. The number of primary sulfonamides is 1. The van der Waals surface area contributed by atoms with Crippen molar-refractivity contribution in [2.24, 2.45) is 5.14 Å². The average molecular weight is 416 g/mol. The number of aromatic nitrogens is 4. The van der Waals surface area contributed by atoms with Gasteiger partial charge in [0.15, 0.2) is 5.82 Å². The van der Waals surface area contributed by atoms with Crippen molar-refractivity contribution >= 4 is 10.0 Å². The van der Waals surface area contributed by atoms with Crippen LogP contribution in [0.2, 0.25) is 0 Å². The molecule has 0 saturated carbocycles. The van der Waals surface area contributed by atoms with Gasteiger partial charge in [-0.1, -0.05) is 103 Å². The molecule has 0 saturated heterocycles. The summed E-state index contributed by atoms with van der Waals surface area (Å²) in [6.45, 7) is 2.95. The fourth-order valence-corrected chi connectivity index (χ4v) is 3.89. The van der Waals surface area contributed by atoms with E-state index in [1.807, 2.05) is 0 Å². The first-order valence-electron chi connectivity index (χ1n) is 11.3. The first kappa shape index (κ1) is 25.0. The maximum Gasteiger partial charge on any atom is 0.216 e. The fourth-order valence-electron chi connectivity index (χ4n) is 3.41. The average Bonchev–Trinajstić information content (AvgIpc) is 3.06. The SMILES string of the molecule is CCCCCCCCCCCCCCCCCCn1nnc(CS(N)(=O)=O)n1. The molecule has 0 amide bonds. The largest absolute Gasteiger partial charge is 0.228 e. The van der Waals surface area contributed by atoms with Crippen LogP contribution >= 0.6 is 0 Å². The van der Waals surface area contributed by atoms with E-state index < -0.39 is 10.0 Å². The van der Waals surface area contributed by atoms with Crippen molar-refractivity contribution in [3.8, 4) is 0 Å². The van der Waals surface area contributed by atoms with Crippen LogP contribution < -0.4 is 5.14 Å². The minimum absolute atomic E-state index is 0.166. The number of rotatable bonds is 19. The Balaban J connectivity index is 1.83. The van der Waals surface area contributed by atoms with E-state index in [1.165, 1.54) is 94.7 Å². The van der Waals surface area contributed by atoms with E-state index in [1.54, 1.807) is 0 Å². The Kier molecular flexibility index (Phi) is 14.2. The lowest BCUT2D eigenvalue weighted by atomic mass is 10.0. The molecule has 1 aromatic rings. The summed E-state index contributed by atoms with van der Waals surface area (Å²) in [6, 6.07) is 0. The van der Waals surface area contributed by atoms with Gasteiger partial charge in [-0.05, 0) is 11.6 Å². The third-order valence-corrected chi connectivity index (χ3v) is 5.70. The minimum Gasteiger partial charge on any atom is -0.228 e. The highest BCUT2D eigenvalue weighted by Crippen LogP contribution is 2.13. The molecule has 2 N–H and O–H groups in total. The van der Waals surface area contributed by atoms with Crippen LogP contribution in [0, 0.1) is 0 Å². The molecule has 0 atom stereocenters. The van der Waals surface area contributed by atoms with E-state index in [-0.39, 0.29) is 11.6 Å². The Bertz CT molecular complexity index is 589. The summed E-state index contributed by atoms with van der Waals surface area (Å²) in [4.78, 5) is 1.46. The maximum absolute atomic E-state index is 11.0. The molecule has 164 valence electrons. The Morgan fingerprint density at radius 3 is 1.61 bits per heavy atom. The molecule has 1 heterocycles. The second-order valence-corrected chi connectivity index (χ2v) is 9.53. The molecule has 1 aromatic heterocycles. The normalized spacial score (nSPS) is 11.9. The van der Waals surface area contributed by atoms with Crippen LogP contribution in [0.4, 0.5) is 0 Å². The number of sulfonamides is 1. The lowest BCUT2D eigenvalue weighted by Crippen LogP contribution is -2.15. The summed E-state index contributed by atoms with van der Waals surface area (Å²) < 4.78 is 22.0. The van der Waals surface area contributed by atoms with Gasteiger partial charge < -0.3 is 0 Å². The van der Waals surface area contributed by atoms with Gasteiger partial charge in [-0.2, -0.15) is 4.80 Å². The highest BCUT2D eigenvalue weighted by molar-refractivity contribution is 7.88. The zero-order valence-electron chi connectivity index (χ0n) is 17.8. The Labute approximate surface area is 171 Å². The number of nitrogens with zero attached hydrogens (tertiary/aromatic N) is 4. The molecule has 0 bridgehead atoms. The van der Waals surface area contributed by atoms with E-state index in [4.69, 9.17) is 5.14 Å². The number of hydrogen-bond donors (Lipinski definition) is 1. The maximum atomic E-state index is 11.0. The van der Waals surface area contributed by atoms with Crippen LogP contribution in [-0.4, -0.2) is 28.6 Å². The molecule has 0 unspecified atom stereocenters.